The summed E-state index contributed by atoms with van der Waals surface area (Å²) < 4.78 is 31.1. The fourth-order valence-electron chi connectivity index (χ4n) is 1.71. The second-order valence-corrected chi connectivity index (χ2v) is 4.99. The fraction of sp³-hybridized carbons (Fsp3) is 0.0909. The van der Waals surface area contributed by atoms with Crippen molar-refractivity contribution >= 4 is 26.6 Å². The summed E-state index contributed by atoms with van der Waals surface area (Å²) in [6.45, 7) is 0. The van der Waals surface area contributed by atoms with Crippen LogP contribution in [0.2, 0.25) is 0 Å². The Morgan fingerprint density at radius 1 is 1.18 bits per heavy atom. The van der Waals surface area contributed by atoms with Crippen LogP contribution < -0.4 is 5.32 Å². The largest absolute Gasteiger partial charge is 0.507 e. The molecule has 0 bridgehead atoms. The van der Waals surface area contributed by atoms with Crippen LogP contribution in [0.15, 0.2) is 35.2 Å². The highest BCUT2D eigenvalue weighted by atomic mass is 32.2. The van der Waals surface area contributed by atoms with E-state index in [9.17, 15) is 13.5 Å². The van der Waals surface area contributed by atoms with E-state index in [1.54, 1.807) is 25.2 Å². The molecule has 2 aromatic rings. The van der Waals surface area contributed by atoms with Gasteiger partial charge in [-0.2, -0.15) is 8.42 Å². The fourth-order valence-corrected chi connectivity index (χ4v) is 2.23. The van der Waals surface area contributed by atoms with Crippen LogP contribution in [-0.4, -0.2) is 25.1 Å². The van der Waals surface area contributed by atoms with Gasteiger partial charge in [0.05, 0.1) is 4.90 Å². The number of phenols is 1. The molecule has 2 aromatic carbocycles. The molecular weight excluding hydrogens is 242 g/mol. The SMILES string of the molecule is CNc1cccc2c(O)cc(S(=O)(=O)O)cc12. The molecule has 90 valence electrons. The van der Waals surface area contributed by atoms with E-state index in [0.29, 0.717) is 16.5 Å². The summed E-state index contributed by atoms with van der Waals surface area (Å²) in [5.74, 6) is -0.188. The minimum atomic E-state index is -4.33. The third-order valence-electron chi connectivity index (χ3n) is 2.51. The van der Waals surface area contributed by atoms with Gasteiger partial charge in [-0.3, -0.25) is 4.55 Å². The van der Waals surface area contributed by atoms with E-state index < -0.39 is 10.1 Å². The van der Waals surface area contributed by atoms with Crippen LogP contribution in [0.25, 0.3) is 10.8 Å². The Bertz CT molecular complexity index is 679. The van der Waals surface area contributed by atoms with Crippen LogP contribution in [0.3, 0.4) is 0 Å². The highest BCUT2D eigenvalue weighted by molar-refractivity contribution is 7.85. The van der Waals surface area contributed by atoms with Crippen LogP contribution >= 0.6 is 0 Å². The maximum absolute atomic E-state index is 11.1. The normalized spacial score (nSPS) is 11.6. The highest BCUT2D eigenvalue weighted by Crippen LogP contribution is 2.32. The lowest BCUT2D eigenvalue weighted by atomic mass is 10.1. The molecule has 0 radical (unpaired) electrons. The quantitative estimate of drug-likeness (QED) is 0.711. The van der Waals surface area contributed by atoms with E-state index in [1.165, 1.54) is 6.07 Å². The molecule has 0 heterocycles. The number of phenolic OH excluding ortho intramolecular Hbond substituents is 1. The van der Waals surface area contributed by atoms with Crippen molar-refractivity contribution in [3.8, 4) is 5.75 Å². The molecular formula is C11H11NO4S. The zero-order valence-corrected chi connectivity index (χ0v) is 9.82. The Hall–Kier alpha value is -1.79. The second-order valence-electron chi connectivity index (χ2n) is 3.57. The topological polar surface area (TPSA) is 86.6 Å². The zero-order chi connectivity index (χ0) is 12.6. The molecule has 5 nitrogen and oxygen atoms in total. The molecule has 0 aliphatic rings. The first-order chi connectivity index (χ1) is 7.93. The molecule has 2 rings (SSSR count). The van der Waals surface area contributed by atoms with Gasteiger partial charge in [0.1, 0.15) is 5.75 Å². The van der Waals surface area contributed by atoms with Crippen LogP contribution in [0.4, 0.5) is 5.69 Å². The third-order valence-corrected chi connectivity index (χ3v) is 3.35. The smallest absolute Gasteiger partial charge is 0.294 e. The minimum Gasteiger partial charge on any atom is -0.507 e. The van der Waals surface area contributed by atoms with Gasteiger partial charge in [-0.05, 0) is 12.1 Å². The summed E-state index contributed by atoms with van der Waals surface area (Å²) in [4.78, 5) is -0.329. The molecule has 0 unspecified atom stereocenters. The maximum Gasteiger partial charge on any atom is 0.294 e. The van der Waals surface area contributed by atoms with Crippen molar-refractivity contribution in [2.75, 3.05) is 12.4 Å². The van der Waals surface area contributed by atoms with Crippen LogP contribution in [0.1, 0.15) is 0 Å². The van der Waals surface area contributed by atoms with Crippen molar-refractivity contribution < 1.29 is 18.1 Å². The average molecular weight is 253 g/mol. The first kappa shape index (κ1) is 11.7. The van der Waals surface area contributed by atoms with Crippen molar-refractivity contribution in [3.05, 3.63) is 30.3 Å². The summed E-state index contributed by atoms with van der Waals surface area (Å²) in [5, 5.41) is 13.7. The van der Waals surface area contributed by atoms with Crippen molar-refractivity contribution in [2.24, 2.45) is 0 Å². The van der Waals surface area contributed by atoms with Crippen molar-refractivity contribution in [1.82, 2.24) is 0 Å². The van der Waals surface area contributed by atoms with Gasteiger partial charge >= 0.3 is 0 Å². The summed E-state index contributed by atoms with van der Waals surface area (Å²) in [5.41, 5.74) is 0.670. The summed E-state index contributed by atoms with van der Waals surface area (Å²) >= 11 is 0. The first-order valence-electron chi connectivity index (χ1n) is 4.84. The Labute approximate surface area is 98.5 Å². The van der Waals surface area contributed by atoms with Crippen LogP contribution in [0, 0.1) is 0 Å². The lowest BCUT2D eigenvalue weighted by Gasteiger charge is -2.08. The summed E-state index contributed by atoms with van der Waals surface area (Å²) in [7, 11) is -2.64. The van der Waals surface area contributed by atoms with Gasteiger partial charge < -0.3 is 10.4 Å². The lowest BCUT2D eigenvalue weighted by Crippen LogP contribution is -1.98. The molecule has 0 spiro atoms. The predicted molar refractivity (Wildman–Crippen MR) is 65.0 cm³/mol. The van der Waals surface area contributed by atoms with Gasteiger partial charge in [0.15, 0.2) is 0 Å². The van der Waals surface area contributed by atoms with Crippen LogP contribution in [0.5, 0.6) is 5.75 Å². The van der Waals surface area contributed by atoms with E-state index in [0.717, 1.165) is 6.07 Å². The Balaban J connectivity index is 2.88. The Morgan fingerprint density at radius 2 is 1.88 bits per heavy atom. The van der Waals surface area contributed by atoms with Gasteiger partial charge in [-0.15, -0.1) is 0 Å². The molecule has 17 heavy (non-hydrogen) atoms. The monoisotopic (exact) mass is 253 g/mol. The number of hydrogen-bond acceptors (Lipinski definition) is 4. The Kier molecular flexibility index (Phi) is 2.68. The van der Waals surface area contributed by atoms with Gasteiger partial charge in [-0.25, -0.2) is 0 Å². The molecule has 0 atom stereocenters. The van der Waals surface area contributed by atoms with Gasteiger partial charge in [-0.1, -0.05) is 12.1 Å². The number of fused-ring (bicyclic) bond motifs is 1. The molecule has 0 aromatic heterocycles. The number of hydrogen-bond donors (Lipinski definition) is 3. The predicted octanol–water partition coefficient (Wildman–Crippen LogP) is 1.83. The molecule has 0 saturated heterocycles. The zero-order valence-electron chi connectivity index (χ0n) is 9.01. The highest BCUT2D eigenvalue weighted by Gasteiger charge is 2.14. The van der Waals surface area contributed by atoms with E-state index in [1.807, 2.05) is 0 Å². The van der Waals surface area contributed by atoms with Gasteiger partial charge in [0, 0.05) is 29.6 Å². The minimum absolute atomic E-state index is 0.188. The van der Waals surface area contributed by atoms with E-state index in [-0.39, 0.29) is 10.6 Å². The second kappa shape index (κ2) is 3.90. The number of rotatable bonds is 2. The first-order valence-corrected chi connectivity index (χ1v) is 6.28. The van der Waals surface area contributed by atoms with Crippen molar-refractivity contribution in [2.45, 2.75) is 4.90 Å². The number of nitrogens with one attached hydrogen (secondary N) is 1. The Morgan fingerprint density at radius 3 is 2.47 bits per heavy atom. The van der Waals surface area contributed by atoms with Crippen molar-refractivity contribution in [3.63, 3.8) is 0 Å². The van der Waals surface area contributed by atoms with Gasteiger partial charge in [0.2, 0.25) is 0 Å². The number of anilines is 1. The molecule has 6 heteroatoms. The molecule has 0 aliphatic carbocycles. The molecule has 0 aliphatic heterocycles. The number of aromatic hydroxyl groups is 1. The third kappa shape index (κ3) is 2.04. The van der Waals surface area contributed by atoms with E-state index >= 15 is 0 Å². The molecule has 0 saturated carbocycles. The molecule has 3 N–H and O–H groups in total. The van der Waals surface area contributed by atoms with Crippen LogP contribution in [-0.2, 0) is 10.1 Å². The van der Waals surface area contributed by atoms with Crippen molar-refractivity contribution in [1.29, 1.82) is 0 Å². The van der Waals surface area contributed by atoms with E-state index in [2.05, 4.69) is 5.32 Å². The number of benzene rings is 2. The maximum atomic E-state index is 11.1. The summed E-state index contributed by atoms with van der Waals surface area (Å²) in [6.07, 6.45) is 0. The van der Waals surface area contributed by atoms with Gasteiger partial charge in [0.25, 0.3) is 10.1 Å². The lowest BCUT2D eigenvalue weighted by molar-refractivity contribution is 0.471. The van der Waals surface area contributed by atoms with E-state index in [4.69, 9.17) is 4.55 Å². The summed E-state index contributed by atoms with van der Waals surface area (Å²) in [6, 6.07) is 7.49. The molecule has 0 fully saturated rings. The average Bonchev–Trinajstić information content (AvgIpc) is 2.27. The molecule has 0 amide bonds. The standard InChI is InChI=1S/C11H11NO4S/c1-12-10-4-2-3-8-9(10)5-7(6-11(8)13)17(14,15)16/h2-6,12-13H,1H3,(H,14,15,16).